The molecule has 0 aromatic carbocycles. The fraction of sp³-hybridized carbons (Fsp3) is 0.538. The molecule has 0 bridgehead atoms. The molecule has 2 N–H and O–H groups in total. The first-order valence-corrected chi connectivity index (χ1v) is 6.41. The van der Waals surface area contributed by atoms with E-state index >= 15 is 0 Å². The average molecular weight is 250 g/mol. The van der Waals surface area contributed by atoms with Crippen molar-refractivity contribution in [3.8, 4) is 5.75 Å². The van der Waals surface area contributed by atoms with E-state index in [1.54, 1.807) is 12.4 Å². The van der Waals surface area contributed by atoms with Crippen LogP contribution >= 0.6 is 0 Å². The van der Waals surface area contributed by atoms with E-state index in [1.807, 2.05) is 12.1 Å². The standard InChI is InChI=1S/C13H22N4O/c1-3-7-16-13(15-4-2)17-9-10-18-12-6-5-8-14-11-12/h5-6,8,11H,3-4,7,9-10H2,1-2H3,(H2,15,16,17). The van der Waals surface area contributed by atoms with Crippen LogP contribution in [0.3, 0.4) is 0 Å². The monoisotopic (exact) mass is 250 g/mol. The Labute approximate surface area is 109 Å². The smallest absolute Gasteiger partial charge is 0.191 e. The summed E-state index contributed by atoms with van der Waals surface area (Å²) in [6, 6.07) is 3.75. The normalized spacial score (nSPS) is 11.1. The van der Waals surface area contributed by atoms with Gasteiger partial charge in [-0.2, -0.15) is 0 Å². The van der Waals surface area contributed by atoms with Crippen molar-refractivity contribution in [3.63, 3.8) is 0 Å². The Hall–Kier alpha value is -1.78. The molecule has 0 saturated carbocycles. The lowest BCUT2D eigenvalue weighted by Crippen LogP contribution is -2.39. The van der Waals surface area contributed by atoms with Crippen molar-refractivity contribution in [3.05, 3.63) is 24.5 Å². The van der Waals surface area contributed by atoms with Crippen LogP contribution in [-0.2, 0) is 0 Å². The van der Waals surface area contributed by atoms with Crippen molar-refractivity contribution >= 4 is 5.96 Å². The summed E-state index contributed by atoms with van der Waals surface area (Å²) in [6.07, 6.45) is 4.48. The van der Waals surface area contributed by atoms with Crippen LogP contribution in [0.1, 0.15) is 20.3 Å². The second-order valence-electron chi connectivity index (χ2n) is 3.72. The maximum Gasteiger partial charge on any atom is 0.191 e. The zero-order chi connectivity index (χ0) is 13.1. The minimum absolute atomic E-state index is 0.586. The van der Waals surface area contributed by atoms with Crippen LogP contribution in [0.4, 0.5) is 0 Å². The van der Waals surface area contributed by atoms with E-state index in [0.717, 1.165) is 31.2 Å². The molecule has 0 aliphatic rings. The molecule has 0 fully saturated rings. The highest BCUT2D eigenvalue weighted by atomic mass is 16.5. The molecule has 0 amide bonds. The second kappa shape index (κ2) is 9.27. The Morgan fingerprint density at radius 2 is 2.28 bits per heavy atom. The lowest BCUT2D eigenvalue weighted by molar-refractivity contribution is 0.320. The molecule has 0 spiro atoms. The maximum absolute atomic E-state index is 5.53. The number of aromatic nitrogens is 1. The maximum atomic E-state index is 5.53. The predicted molar refractivity (Wildman–Crippen MR) is 74.0 cm³/mol. The van der Waals surface area contributed by atoms with Crippen molar-refractivity contribution in [2.45, 2.75) is 20.3 Å². The molecule has 1 rings (SSSR count). The van der Waals surface area contributed by atoms with Crippen LogP contribution in [0.5, 0.6) is 5.75 Å². The third kappa shape index (κ3) is 6.08. The van der Waals surface area contributed by atoms with Crippen molar-refractivity contribution in [2.24, 2.45) is 4.99 Å². The summed E-state index contributed by atoms with van der Waals surface area (Å²) >= 11 is 0. The molecule has 5 heteroatoms. The summed E-state index contributed by atoms with van der Waals surface area (Å²) in [5.41, 5.74) is 0. The van der Waals surface area contributed by atoms with E-state index in [0.29, 0.717) is 13.2 Å². The Morgan fingerprint density at radius 1 is 1.39 bits per heavy atom. The molecule has 0 aliphatic heterocycles. The van der Waals surface area contributed by atoms with Gasteiger partial charge in [0.05, 0.1) is 12.7 Å². The van der Waals surface area contributed by atoms with Gasteiger partial charge in [0, 0.05) is 19.3 Å². The van der Waals surface area contributed by atoms with Crippen LogP contribution in [-0.4, -0.2) is 37.2 Å². The largest absolute Gasteiger partial charge is 0.490 e. The average Bonchev–Trinajstić information content (AvgIpc) is 2.42. The molecule has 100 valence electrons. The fourth-order valence-corrected chi connectivity index (χ4v) is 1.34. The highest BCUT2D eigenvalue weighted by Gasteiger charge is 1.96. The number of aliphatic imine (C=N–C) groups is 1. The van der Waals surface area contributed by atoms with Crippen LogP contribution in [0.15, 0.2) is 29.5 Å². The van der Waals surface area contributed by atoms with Gasteiger partial charge in [-0.3, -0.25) is 9.98 Å². The number of guanidine groups is 1. The molecule has 1 aromatic heterocycles. The van der Waals surface area contributed by atoms with E-state index < -0.39 is 0 Å². The lowest BCUT2D eigenvalue weighted by Gasteiger charge is -2.11. The van der Waals surface area contributed by atoms with Gasteiger partial charge < -0.3 is 15.4 Å². The number of nitrogens with zero attached hydrogens (tertiary/aromatic N) is 2. The molecule has 18 heavy (non-hydrogen) atoms. The molecule has 0 unspecified atom stereocenters. The van der Waals surface area contributed by atoms with Crippen LogP contribution in [0.25, 0.3) is 0 Å². The van der Waals surface area contributed by atoms with Crippen molar-refractivity contribution in [1.82, 2.24) is 15.6 Å². The molecule has 1 heterocycles. The van der Waals surface area contributed by atoms with Gasteiger partial charge in [0.25, 0.3) is 0 Å². The Bertz CT molecular complexity index is 340. The van der Waals surface area contributed by atoms with Gasteiger partial charge >= 0.3 is 0 Å². The fourth-order valence-electron chi connectivity index (χ4n) is 1.34. The van der Waals surface area contributed by atoms with E-state index in [2.05, 4.69) is 34.5 Å². The highest BCUT2D eigenvalue weighted by molar-refractivity contribution is 5.79. The summed E-state index contributed by atoms with van der Waals surface area (Å²) in [4.78, 5) is 8.39. The molecular formula is C13H22N4O. The van der Waals surface area contributed by atoms with Gasteiger partial charge in [-0.05, 0) is 25.5 Å². The Balaban J connectivity index is 2.22. The minimum Gasteiger partial charge on any atom is -0.490 e. The summed E-state index contributed by atoms with van der Waals surface area (Å²) in [5, 5.41) is 6.41. The van der Waals surface area contributed by atoms with Crippen molar-refractivity contribution < 1.29 is 4.74 Å². The first-order valence-electron chi connectivity index (χ1n) is 6.41. The van der Waals surface area contributed by atoms with E-state index in [1.165, 1.54) is 0 Å². The Morgan fingerprint density at radius 3 is 2.94 bits per heavy atom. The van der Waals surface area contributed by atoms with E-state index in [9.17, 15) is 0 Å². The third-order valence-electron chi connectivity index (χ3n) is 2.14. The number of ether oxygens (including phenoxy) is 1. The first kappa shape index (κ1) is 14.3. The van der Waals surface area contributed by atoms with E-state index in [4.69, 9.17) is 4.74 Å². The van der Waals surface area contributed by atoms with Gasteiger partial charge in [-0.1, -0.05) is 6.92 Å². The van der Waals surface area contributed by atoms with E-state index in [-0.39, 0.29) is 0 Å². The van der Waals surface area contributed by atoms with Crippen LogP contribution in [0.2, 0.25) is 0 Å². The molecule has 0 atom stereocenters. The highest BCUT2D eigenvalue weighted by Crippen LogP contribution is 2.04. The van der Waals surface area contributed by atoms with Crippen LogP contribution < -0.4 is 15.4 Å². The van der Waals surface area contributed by atoms with Gasteiger partial charge in [0.1, 0.15) is 12.4 Å². The quantitative estimate of drug-likeness (QED) is 0.436. The topological polar surface area (TPSA) is 58.5 Å². The Kier molecular flexibility index (Phi) is 7.36. The number of nitrogens with one attached hydrogen (secondary N) is 2. The molecule has 5 nitrogen and oxygen atoms in total. The first-order chi connectivity index (χ1) is 8.86. The lowest BCUT2D eigenvalue weighted by atomic mass is 10.5. The second-order valence-corrected chi connectivity index (χ2v) is 3.72. The summed E-state index contributed by atoms with van der Waals surface area (Å²) in [7, 11) is 0. The number of hydrogen-bond donors (Lipinski definition) is 2. The molecular weight excluding hydrogens is 228 g/mol. The van der Waals surface area contributed by atoms with Gasteiger partial charge in [0.2, 0.25) is 0 Å². The minimum atomic E-state index is 0.586. The molecule has 0 saturated heterocycles. The number of pyridine rings is 1. The van der Waals surface area contributed by atoms with Crippen LogP contribution in [0, 0.1) is 0 Å². The summed E-state index contributed by atoms with van der Waals surface area (Å²) in [5.74, 6) is 1.63. The van der Waals surface area contributed by atoms with Gasteiger partial charge in [-0.15, -0.1) is 0 Å². The summed E-state index contributed by atoms with van der Waals surface area (Å²) < 4.78 is 5.53. The zero-order valence-corrected chi connectivity index (χ0v) is 11.1. The van der Waals surface area contributed by atoms with Crippen molar-refractivity contribution in [2.75, 3.05) is 26.2 Å². The molecule has 0 aliphatic carbocycles. The van der Waals surface area contributed by atoms with Gasteiger partial charge in [0.15, 0.2) is 5.96 Å². The predicted octanol–water partition coefficient (Wildman–Crippen LogP) is 1.43. The third-order valence-corrected chi connectivity index (χ3v) is 2.14. The van der Waals surface area contributed by atoms with Crippen molar-refractivity contribution in [1.29, 1.82) is 0 Å². The van der Waals surface area contributed by atoms with Gasteiger partial charge in [-0.25, -0.2) is 0 Å². The SMILES string of the molecule is CCCN=C(NCC)NCCOc1cccnc1. The molecule has 1 aromatic rings. The number of hydrogen-bond acceptors (Lipinski definition) is 3. The summed E-state index contributed by atoms with van der Waals surface area (Å²) in [6.45, 7) is 7.15. The molecule has 0 radical (unpaired) electrons. The number of rotatable bonds is 7. The zero-order valence-electron chi connectivity index (χ0n) is 11.1.